The molecule has 0 atom stereocenters. The summed E-state index contributed by atoms with van der Waals surface area (Å²) in [5.74, 6) is -0.291. The number of hydrogen-bond acceptors (Lipinski definition) is 5. The van der Waals surface area contributed by atoms with Gasteiger partial charge in [0.15, 0.2) is 5.11 Å². The van der Waals surface area contributed by atoms with Gasteiger partial charge in [0.05, 0.1) is 9.77 Å². The van der Waals surface area contributed by atoms with E-state index in [0.717, 1.165) is 0 Å². The Morgan fingerprint density at radius 1 is 1.12 bits per heavy atom. The molecule has 0 fully saturated rings. The monoisotopic (exact) mass is 397 g/mol. The minimum absolute atomic E-state index is 0.141. The highest BCUT2D eigenvalue weighted by Gasteiger charge is 2.21. The minimum Gasteiger partial charge on any atom is -0.332 e. The third-order valence-corrected chi connectivity index (χ3v) is 5.68. The van der Waals surface area contributed by atoms with Gasteiger partial charge in [-0.1, -0.05) is 6.07 Å². The van der Waals surface area contributed by atoms with Crippen LogP contribution in [0.3, 0.4) is 0 Å². The normalized spacial score (nSPS) is 11.8. The third kappa shape index (κ3) is 5.89. The lowest BCUT2D eigenvalue weighted by Gasteiger charge is -2.20. The summed E-state index contributed by atoms with van der Waals surface area (Å²) in [5.41, 5.74) is 0.00910. The molecule has 6 nitrogen and oxygen atoms in total. The number of benzene rings is 1. The van der Waals surface area contributed by atoms with Gasteiger partial charge in [-0.25, -0.2) is 13.1 Å². The molecule has 1 heterocycles. The summed E-state index contributed by atoms with van der Waals surface area (Å²) in [7, 11) is -3.59. The number of rotatable bonds is 4. The second-order valence-corrected chi connectivity index (χ2v) is 9.30. The molecule has 2 aromatic rings. The molecule has 0 aliphatic carbocycles. The molecule has 0 aliphatic rings. The summed E-state index contributed by atoms with van der Waals surface area (Å²) in [5, 5.41) is 7.36. The summed E-state index contributed by atoms with van der Waals surface area (Å²) in [6.45, 7) is 5.32. The number of nitrogens with one attached hydrogen (secondary N) is 3. The van der Waals surface area contributed by atoms with Gasteiger partial charge in [0.1, 0.15) is 0 Å². The fourth-order valence-corrected chi connectivity index (χ4v) is 4.16. The van der Waals surface area contributed by atoms with Gasteiger partial charge in [-0.15, -0.1) is 11.3 Å². The molecule has 3 N–H and O–H groups in total. The number of sulfonamides is 1. The number of hydrogen-bond donors (Lipinski definition) is 3. The fourth-order valence-electron chi connectivity index (χ4n) is 1.91. The Kier molecular flexibility index (Phi) is 5.94. The molecule has 1 amide bonds. The third-order valence-electron chi connectivity index (χ3n) is 2.84. The Balaban J connectivity index is 2.00. The highest BCUT2D eigenvalue weighted by Crippen LogP contribution is 2.16. The zero-order valence-electron chi connectivity index (χ0n) is 14.0. The summed E-state index contributed by atoms with van der Waals surface area (Å²) in [6.07, 6.45) is 0. The molecule has 2 rings (SSSR count). The lowest BCUT2D eigenvalue weighted by atomic mass is 10.1. The van der Waals surface area contributed by atoms with Crippen LogP contribution in [0.2, 0.25) is 0 Å². The van der Waals surface area contributed by atoms with Crippen LogP contribution in [0.4, 0.5) is 5.69 Å². The molecule has 0 saturated heterocycles. The molecule has 1 aromatic carbocycles. The highest BCUT2D eigenvalue weighted by atomic mass is 32.2. The van der Waals surface area contributed by atoms with Crippen molar-refractivity contribution < 1.29 is 13.2 Å². The first-order valence-electron chi connectivity index (χ1n) is 7.37. The number of thiophene rings is 1. The van der Waals surface area contributed by atoms with E-state index in [1.165, 1.54) is 23.5 Å². The Morgan fingerprint density at radius 3 is 2.28 bits per heavy atom. The van der Waals surface area contributed by atoms with Crippen LogP contribution in [0, 0.1) is 0 Å². The van der Waals surface area contributed by atoms with Crippen molar-refractivity contribution in [3.05, 3.63) is 46.7 Å². The quantitative estimate of drug-likeness (QED) is 0.691. The van der Waals surface area contributed by atoms with Gasteiger partial charge in [-0.05, 0) is 68.7 Å². The standard InChI is InChI=1S/C16H19N3O3S3/c1-16(2,3)19-25(21,22)12-8-6-11(7-9-12)17-15(23)18-14(20)13-5-4-10-24-13/h4-10,19H,1-3H3,(H2,17,18,20,23). The molecular weight excluding hydrogens is 378 g/mol. The van der Waals surface area contributed by atoms with Gasteiger partial charge < -0.3 is 5.32 Å². The van der Waals surface area contributed by atoms with Crippen LogP contribution in [0.5, 0.6) is 0 Å². The van der Waals surface area contributed by atoms with Crippen molar-refractivity contribution in [1.29, 1.82) is 0 Å². The largest absolute Gasteiger partial charge is 0.332 e. The second-order valence-electron chi connectivity index (χ2n) is 6.27. The molecule has 0 spiro atoms. The van der Waals surface area contributed by atoms with Gasteiger partial charge in [0, 0.05) is 11.2 Å². The molecule has 0 aliphatic heterocycles. The van der Waals surface area contributed by atoms with Gasteiger partial charge in [-0.3, -0.25) is 10.1 Å². The van der Waals surface area contributed by atoms with E-state index in [9.17, 15) is 13.2 Å². The molecule has 0 saturated carbocycles. The average molecular weight is 398 g/mol. The molecule has 0 bridgehead atoms. The van der Waals surface area contributed by atoms with Gasteiger partial charge in [-0.2, -0.15) is 0 Å². The Morgan fingerprint density at radius 2 is 1.76 bits per heavy atom. The van der Waals surface area contributed by atoms with Crippen molar-refractivity contribution >= 4 is 50.3 Å². The summed E-state index contributed by atoms with van der Waals surface area (Å²) in [4.78, 5) is 12.6. The first-order chi connectivity index (χ1) is 11.6. The van der Waals surface area contributed by atoms with Gasteiger partial charge in [0.2, 0.25) is 10.0 Å². The average Bonchev–Trinajstić information content (AvgIpc) is 2.99. The lowest BCUT2D eigenvalue weighted by Crippen LogP contribution is -2.40. The predicted octanol–water partition coefficient (Wildman–Crippen LogP) is 2.95. The van der Waals surface area contributed by atoms with E-state index in [2.05, 4.69) is 15.4 Å². The van der Waals surface area contributed by atoms with Crippen molar-refractivity contribution in [2.24, 2.45) is 0 Å². The molecule has 0 radical (unpaired) electrons. The van der Waals surface area contributed by atoms with E-state index >= 15 is 0 Å². The van der Waals surface area contributed by atoms with Crippen LogP contribution in [0.25, 0.3) is 0 Å². The molecule has 25 heavy (non-hydrogen) atoms. The van der Waals surface area contributed by atoms with E-state index in [4.69, 9.17) is 12.2 Å². The number of carbonyl (C=O) groups excluding carboxylic acids is 1. The molecule has 134 valence electrons. The van der Waals surface area contributed by atoms with Crippen molar-refractivity contribution in [2.45, 2.75) is 31.2 Å². The minimum atomic E-state index is -3.59. The van der Waals surface area contributed by atoms with Crippen LogP contribution in [-0.4, -0.2) is 25.0 Å². The maximum atomic E-state index is 12.2. The highest BCUT2D eigenvalue weighted by molar-refractivity contribution is 7.89. The molecular formula is C16H19N3O3S3. The summed E-state index contributed by atoms with van der Waals surface area (Å²) >= 11 is 6.41. The molecule has 1 aromatic heterocycles. The predicted molar refractivity (Wildman–Crippen MR) is 105 cm³/mol. The summed E-state index contributed by atoms with van der Waals surface area (Å²) in [6, 6.07) is 9.59. The van der Waals surface area contributed by atoms with Gasteiger partial charge in [0.25, 0.3) is 5.91 Å². The van der Waals surface area contributed by atoms with Crippen molar-refractivity contribution in [2.75, 3.05) is 5.32 Å². The SMILES string of the molecule is CC(C)(C)NS(=O)(=O)c1ccc(NC(=S)NC(=O)c2cccs2)cc1. The van der Waals surface area contributed by atoms with Crippen LogP contribution in [-0.2, 0) is 10.0 Å². The summed E-state index contributed by atoms with van der Waals surface area (Å²) < 4.78 is 27.1. The van der Waals surface area contributed by atoms with Crippen LogP contribution >= 0.6 is 23.6 Å². The van der Waals surface area contributed by atoms with Crippen LogP contribution in [0.15, 0.2) is 46.7 Å². The van der Waals surface area contributed by atoms with E-state index in [-0.39, 0.29) is 15.9 Å². The number of amides is 1. The number of carbonyl (C=O) groups is 1. The zero-order chi connectivity index (χ0) is 18.7. The maximum absolute atomic E-state index is 12.2. The Bertz CT molecular complexity index is 852. The van der Waals surface area contributed by atoms with Crippen molar-refractivity contribution in [3.63, 3.8) is 0 Å². The zero-order valence-corrected chi connectivity index (χ0v) is 16.4. The van der Waals surface area contributed by atoms with E-state index in [1.54, 1.807) is 50.4 Å². The fraction of sp³-hybridized carbons (Fsp3) is 0.250. The first kappa shape index (κ1) is 19.5. The molecule has 9 heteroatoms. The number of anilines is 1. The number of thiocarbonyl (C=S) groups is 1. The lowest BCUT2D eigenvalue weighted by molar-refractivity contribution is 0.0981. The van der Waals surface area contributed by atoms with E-state index in [1.807, 2.05) is 0 Å². The first-order valence-corrected chi connectivity index (χ1v) is 10.1. The van der Waals surface area contributed by atoms with Crippen molar-refractivity contribution in [3.8, 4) is 0 Å². The van der Waals surface area contributed by atoms with Crippen LogP contribution < -0.4 is 15.4 Å². The topological polar surface area (TPSA) is 87.3 Å². The second kappa shape index (κ2) is 7.61. The van der Waals surface area contributed by atoms with Gasteiger partial charge >= 0.3 is 0 Å². The molecule has 0 unspecified atom stereocenters. The maximum Gasteiger partial charge on any atom is 0.267 e. The van der Waals surface area contributed by atoms with E-state index in [0.29, 0.717) is 10.6 Å². The van der Waals surface area contributed by atoms with E-state index < -0.39 is 15.6 Å². The Hall–Kier alpha value is -1.81. The smallest absolute Gasteiger partial charge is 0.267 e. The van der Waals surface area contributed by atoms with Crippen LogP contribution in [0.1, 0.15) is 30.4 Å². The van der Waals surface area contributed by atoms with Crippen molar-refractivity contribution in [1.82, 2.24) is 10.0 Å². The Labute approximate surface area is 156 Å².